The Morgan fingerprint density at radius 3 is 2.79 bits per heavy atom. The van der Waals surface area contributed by atoms with Crippen molar-refractivity contribution < 1.29 is 9.53 Å². The summed E-state index contributed by atoms with van der Waals surface area (Å²) in [6.45, 7) is 0. The minimum absolute atomic E-state index is 0.413. The molecule has 3 aromatic rings. The van der Waals surface area contributed by atoms with Crippen molar-refractivity contribution in [2.75, 3.05) is 7.11 Å². The lowest BCUT2D eigenvalue weighted by molar-refractivity contribution is 0.0999. The van der Waals surface area contributed by atoms with Crippen LogP contribution in [0.5, 0.6) is 5.75 Å². The Labute approximate surface area is 139 Å². The molecule has 118 valence electrons. The average Bonchev–Trinajstić information content (AvgIpc) is 2.99. The number of hydrogen-bond acceptors (Lipinski definition) is 3. The van der Waals surface area contributed by atoms with Crippen molar-refractivity contribution in [3.63, 3.8) is 0 Å². The predicted octanol–water partition coefficient (Wildman–Crippen LogP) is 3.43. The third-order valence-corrected chi connectivity index (χ3v) is 4.43. The molecule has 0 unspecified atom stereocenters. The van der Waals surface area contributed by atoms with Crippen LogP contribution in [-0.2, 0) is 6.42 Å². The number of ether oxygens (including phenoxy) is 1. The smallest absolute Gasteiger partial charge is 0.249 e. The van der Waals surface area contributed by atoms with E-state index >= 15 is 0 Å². The van der Waals surface area contributed by atoms with Crippen LogP contribution in [0.3, 0.4) is 0 Å². The summed E-state index contributed by atoms with van der Waals surface area (Å²) in [6.07, 6.45) is 2.46. The van der Waals surface area contributed by atoms with Crippen molar-refractivity contribution in [2.45, 2.75) is 6.42 Å². The first-order valence-electron chi connectivity index (χ1n) is 7.73. The fourth-order valence-corrected chi connectivity index (χ4v) is 3.28. The van der Waals surface area contributed by atoms with Gasteiger partial charge in [-0.2, -0.15) is 0 Å². The number of nitrogens with zero attached hydrogens (tertiary/aromatic N) is 1. The summed E-state index contributed by atoms with van der Waals surface area (Å²) in [6, 6.07) is 15.7. The van der Waals surface area contributed by atoms with Gasteiger partial charge in [-0.1, -0.05) is 18.2 Å². The number of amides is 1. The fraction of sp³-hybridized carbons (Fsp3) is 0.100. The minimum Gasteiger partial charge on any atom is -0.497 e. The highest BCUT2D eigenvalue weighted by atomic mass is 16.5. The molecule has 0 aliphatic heterocycles. The van der Waals surface area contributed by atoms with Gasteiger partial charge in [-0.25, -0.2) is 0 Å². The summed E-state index contributed by atoms with van der Waals surface area (Å²) in [5.74, 6) is 0.357. The van der Waals surface area contributed by atoms with Gasteiger partial charge in [0.1, 0.15) is 5.75 Å². The van der Waals surface area contributed by atoms with Gasteiger partial charge >= 0.3 is 0 Å². The Bertz CT molecular complexity index is 964. The summed E-state index contributed by atoms with van der Waals surface area (Å²) in [5, 5.41) is 0. The molecule has 0 saturated heterocycles. The van der Waals surface area contributed by atoms with E-state index in [0.717, 1.165) is 39.3 Å². The molecule has 1 aliphatic rings. The molecular weight excluding hydrogens is 300 g/mol. The monoisotopic (exact) mass is 316 g/mol. The molecule has 2 aromatic carbocycles. The van der Waals surface area contributed by atoms with Crippen molar-refractivity contribution in [2.24, 2.45) is 5.73 Å². The maximum absolute atomic E-state index is 12.0. The number of hydrogen-bond donors (Lipinski definition) is 1. The summed E-state index contributed by atoms with van der Waals surface area (Å²) < 4.78 is 5.30. The number of methoxy groups -OCH3 is 1. The van der Waals surface area contributed by atoms with Crippen LogP contribution < -0.4 is 10.5 Å². The van der Waals surface area contributed by atoms with Crippen molar-refractivity contribution in [1.82, 2.24) is 4.98 Å². The van der Waals surface area contributed by atoms with E-state index in [1.165, 1.54) is 0 Å². The highest BCUT2D eigenvalue weighted by molar-refractivity contribution is 5.99. The summed E-state index contributed by atoms with van der Waals surface area (Å²) in [7, 11) is 1.64. The van der Waals surface area contributed by atoms with E-state index in [1.807, 2.05) is 42.5 Å². The quantitative estimate of drug-likeness (QED) is 0.630. The Morgan fingerprint density at radius 2 is 2.00 bits per heavy atom. The van der Waals surface area contributed by atoms with Crippen LogP contribution in [0.2, 0.25) is 0 Å². The zero-order valence-corrected chi connectivity index (χ0v) is 13.2. The molecule has 0 saturated carbocycles. The van der Waals surface area contributed by atoms with E-state index in [2.05, 4.69) is 11.1 Å². The molecule has 1 aliphatic carbocycles. The average molecular weight is 316 g/mol. The number of carbonyl (C=O) groups excluding carboxylic acids is 1. The molecule has 4 nitrogen and oxygen atoms in total. The molecule has 2 N–H and O–H groups in total. The Morgan fingerprint density at radius 1 is 1.12 bits per heavy atom. The maximum atomic E-state index is 12.0. The second-order valence-corrected chi connectivity index (χ2v) is 5.83. The number of benzene rings is 2. The highest BCUT2D eigenvalue weighted by Gasteiger charge is 2.25. The molecule has 1 amide bonds. The van der Waals surface area contributed by atoms with Gasteiger partial charge in [0, 0.05) is 23.7 Å². The lowest BCUT2D eigenvalue weighted by Gasteiger charge is -2.11. The van der Waals surface area contributed by atoms with Gasteiger partial charge < -0.3 is 10.5 Å². The predicted molar refractivity (Wildman–Crippen MR) is 93.0 cm³/mol. The van der Waals surface area contributed by atoms with Crippen LogP contribution in [0, 0.1) is 0 Å². The third-order valence-electron chi connectivity index (χ3n) is 4.43. The second-order valence-electron chi connectivity index (χ2n) is 5.83. The van der Waals surface area contributed by atoms with E-state index < -0.39 is 5.91 Å². The molecule has 0 atom stereocenters. The molecule has 0 fully saturated rings. The van der Waals surface area contributed by atoms with Crippen molar-refractivity contribution >= 4 is 5.91 Å². The van der Waals surface area contributed by atoms with Crippen molar-refractivity contribution in [1.29, 1.82) is 0 Å². The summed E-state index contributed by atoms with van der Waals surface area (Å²) in [4.78, 5) is 16.5. The minimum atomic E-state index is -0.413. The van der Waals surface area contributed by atoms with Gasteiger partial charge in [0.05, 0.1) is 12.8 Å². The normalized spacial score (nSPS) is 11.7. The lowest BCUT2D eigenvalue weighted by atomic mass is 9.94. The Balaban J connectivity index is 1.95. The van der Waals surface area contributed by atoms with E-state index in [-0.39, 0.29) is 0 Å². The van der Waals surface area contributed by atoms with E-state index in [1.54, 1.807) is 13.3 Å². The SMILES string of the molecule is COc1cccc(-c2cc(C(N)=O)c3c(c2)-c2ncccc2C3)c1. The molecule has 4 heteroatoms. The molecule has 0 radical (unpaired) electrons. The van der Waals surface area contributed by atoms with Crippen LogP contribution >= 0.6 is 0 Å². The van der Waals surface area contributed by atoms with E-state index in [0.29, 0.717) is 12.0 Å². The lowest BCUT2D eigenvalue weighted by Crippen LogP contribution is -2.13. The molecule has 24 heavy (non-hydrogen) atoms. The fourth-order valence-electron chi connectivity index (χ4n) is 3.28. The van der Waals surface area contributed by atoms with Crippen LogP contribution in [0.15, 0.2) is 54.7 Å². The molecule has 0 bridgehead atoms. The highest BCUT2D eigenvalue weighted by Crippen LogP contribution is 2.40. The van der Waals surface area contributed by atoms with Crippen LogP contribution in [0.1, 0.15) is 21.5 Å². The first-order valence-corrected chi connectivity index (χ1v) is 7.73. The van der Waals surface area contributed by atoms with Gasteiger partial charge in [-0.05, 0) is 52.6 Å². The zero-order chi connectivity index (χ0) is 16.7. The maximum Gasteiger partial charge on any atom is 0.249 e. The molecule has 0 spiro atoms. The first-order chi connectivity index (χ1) is 11.7. The molecule has 4 rings (SSSR count). The van der Waals surface area contributed by atoms with Crippen LogP contribution in [0.4, 0.5) is 0 Å². The largest absolute Gasteiger partial charge is 0.497 e. The summed E-state index contributed by atoms with van der Waals surface area (Å²) >= 11 is 0. The van der Waals surface area contributed by atoms with Gasteiger partial charge in [0.25, 0.3) is 0 Å². The molecule has 1 heterocycles. The van der Waals surface area contributed by atoms with Crippen LogP contribution in [-0.4, -0.2) is 18.0 Å². The first kappa shape index (κ1) is 14.5. The number of rotatable bonds is 3. The van der Waals surface area contributed by atoms with E-state index in [4.69, 9.17) is 10.5 Å². The van der Waals surface area contributed by atoms with Gasteiger partial charge in [0.15, 0.2) is 0 Å². The third kappa shape index (κ3) is 2.24. The zero-order valence-electron chi connectivity index (χ0n) is 13.2. The second kappa shape index (κ2) is 5.49. The number of nitrogens with two attached hydrogens (primary N) is 1. The van der Waals surface area contributed by atoms with E-state index in [9.17, 15) is 4.79 Å². The Hall–Kier alpha value is -3.14. The number of primary amides is 1. The number of pyridine rings is 1. The summed E-state index contributed by atoms with van der Waals surface area (Å²) in [5.41, 5.74) is 12.1. The Kier molecular flexibility index (Phi) is 3.31. The van der Waals surface area contributed by atoms with Gasteiger partial charge in [-0.3, -0.25) is 9.78 Å². The van der Waals surface area contributed by atoms with Crippen LogP contribution in [0.25, 0.3) is 22.4 Å². The molecular formula is C20H16N2O2. The van der Waals surface area contributed by atoms with Gasteiger partial charge in [0.2, 0.25) is 5.91 Å². The van der Waals surface area contributed by atoms with Crippen molar-refractivity contribution in [3.8, 4) is 28.1 Å². The number of aromatic nitrogens is 1. The number of carbonyl (C=O) groups is 1. The topological polar surface area (TPSA) is 65.2 Å². The van der Waals surface area contributed by atoms with Gasteiger partial charge in [-0.15, -0.1) is 0 Å². The number of fused-ring (bicyclic) bond motifs is 3. The molecule has 1 aromatic heterocycles. The standard InChI is InChI=1S/C20H16N2O2/c1-24-15-6-2-4-12(8-15)14-10-17-16(18(11-14)20(21)23)9-13-5-3-7-22-19(13)17/h2-8,10-11H,9H2,1H3,(H2,21,23). The van der Waals surface area contributed by atoms with Crippen molar-refractivity contribution in [3.05, 3.63) is 71.4 Å².